The number of nitrogens with zero attached hydrogens (tertiary/aromatic N) is 1. The Morgan fingerprint density at radius 3 is 2.40 bits per heavy atom. The number of hydrogen-bond acceptors (Lipinski definition) is 6. The van der Waals surface area contributed by atoms with Gasteiger partial charge in [-0.15, -0.1) is 0 Å². The number of carboxylic acid groups (broad SMARTS) is 1. The Bertz CT molecular complexity index is 764. The number of carbonyl (C=O) groups excluding carboxylic acids is 1. The summed E-state index contributed by atoms with van der Waals surface area (Å²) in [6.45, 7) is 3.85. The van der Waals surface area contributed by atoms with Gasteiger partial charge >= 0.3 is 103 Å². The molecule has 0 saturated heterocycles. The van der Waals surface area contributed by atoms with Gasteiger partial charge in [-0.3, -0.25) is 4.99 Å². The number of carbonyl (C=O) groups is 1. The molecule has 1 unspecified atom stereocenters. The SMILES string of the molecule is CC1=Nc2ccc(S(=O)(=O)[O-])cc2C1(C)CCCCCC(=O)[O-].[K+].[K+]. The maximum absolute atomic E-state index is 11.2. The summed E-state index contributed by atoms with van der Waals surface area (Å²) in [5, 5.41) is 10.4. The van der Waals surface area contributed by atoms with Crippen LogP contribution in [0.15, 0.2) is 28.1 Å². The van der Waals surface area contributed by atoms with E-state index in [0.29, 0.717) is 18.5 Å². The summed E-state index contributed by atoms with van der Waals surface area (Å²) in [5.41, 5.74) is 1.86. The van der Waals surface area contributed by atoms with E-state index in [0.717, 1.165) is 24.1 Å². The average molecular weight is 416 g/mol. The van der Waals surface area contributed by atoms with Crippen LogP contribution < -0.4 is 108 Å². The standard InChI is InChI=1S/C16H21NO5S.2K/c1-11-16(2,9-5-3-4-6-15(18)19)13-10-12(23(20,21)22)7-8-14(13)17-11;;/h7-8,10H,3-6,9H2,1-2H3,(H,18,19)(H,20,21,22);;/q;2*+1/p-2. The maximum Gasteiger partial charge on any atom is 1.00 e. The predicted octanol–water partition coefficient (Wildman–Crippen LogP) is -4.34. The third-order valence-corrected chi connectivity index (χ3v) is 5.33. The molecule has 1 aliphatic heterocycles. The van der Waals surface area contributed by atoms with E-state index in [9.17, 15) is 22.9 Å². The molecule has 1 aromatic carbocycles. The third-order valence-electron chi connectivity index (χ3n) is 4.50. The Balaban J connectivity index is 0.00000288. The van der Waals surface area contributed by atoms with Crippen LogP contribution in [-0.2, 0) is 20.3 Å². The molecule has 1 atom stereocenters. The summed E-state index contributed by atoms with van der Waals surface area (Å²) in [6, 6.07) is 4.26. The molecule has 1 aliphatic rings. The van der Waals surface area contributed by atoms with Crippen molar-refractivity contribution in [3.05, 3.63) is 23.8 Å². The van der Waals surface area contributed by atoms with Gasteiger partial charge in [-0.25, -0.2) is 8.42 Å². The Labute approximate surface area is 233 Å². The predicted molar refractivity (Wildman–Crippen MR) is 82.6 cm³/mol. The van der Waals surface area contributed by atoms with E-state index in [4.69, 9.17) is 0 Å². The molecular weight excluding hydrogens is 396 g/mol. The maximum atomic E-state index is 11.2. The van der Waals surface area contributed by atoms with Crippen LogP contribution >= 0.6 is 0 Å². The number of aliphatic imine (C=N–C) groups is 1. The van der Waals surface area contributed by atoms with Crippen molar-refractivity contribution in [3.8, 4) is 0 Å². The first-order valence-electron chi connectivity index (χ1n) is 7.50. The van der Waals surface area contributed by atoms with Gasteiger partial charge in [0.15, 0.2) is 0 Å². The summed E-state index contributed by atoms with van der Waals surface area (Å²) in [6.07, 6.45) is 2.83. The van der Waals surface area contributed by atoms with Gasteiger partial charge in [0.25, 0.3) is 0 Å². The van der Waals surface area contributed by atoms with Crippen LogP contribution in [-0.4, -0.2) is 24.7 Å². The van der Waals surface area contributed by atoms with E-state index in [-0.39, 0.29) is 114 Å². The fourth-order valence-corrected chi connectivity index (χ4v) is 3.45. The molecule has 0 aromatic heterocycles. The minimum atomic E-state index is -4.50. The van der Waals surface area contributed by atoms with Gasteiger partial charge in [0.05, 0.1) is 10.6 Å². The zero-order chi connectivity index (χ0) is 17.3. The zero-order valence-corrected chi connectivity index (χ0v) is 22.2. The zero-order valence-electron chi connectivity index (χ0n) is 15.2. The molecule has 6 nitrogen and oxygen atoms in total. The fourth-order valence-electron chi connectivity index (χ4n) is 2.95. The number of hydrogen-bond donors (Lipinski definition) is 0. The molecule has 0 bridgehead atoms. The van der Waals surface area contributed by atoms with Crippen LogP contribution in [0.4, 0.5) is 5.69 Å². The molecule has 0 spiro atoms. The van der Waals surface area contributed by atoms with Gasteiger partial charge in [0.2, 0.25) is 0 Å². The second kappa shape index (κ2) is 10.9. The van der Waals surface area contributed by atoms with E-state index < -0.39 is 21.5 Å². The summed E-state index contributed by atoms with van der Waals surface area (Å²) in [5.74, 6) is -1.05. The van der Waals surface area contributed by atoms with Crippen LogP contribution in [0, 0.1) is 0 Å². The van der Waals surface area contributed by atoms with Crippen LogP contribution in [0.2, 0.25) is 0 Å². The van der Waals surface area contributed by atoms with Crippen molar-refractivity contribution in [2.24, 2.45) is 4.99 Å². The van der Waals surface area contributed by atoms with Gasteiger partial charge in [-0.1, -0.05) is 19.8 Å². The molecule has 0 radical (unpaired) electrons. The Kier molecular flexibility index (Phi) is 11.6. The topological polar surface area (TPSA) is 110 Å². The van der Waals surface area contributed by atoms with Gasteiger partial charge in [0, 0.05) is 17.1 Å². The molecule has 0 saturated carbocycles. The molecule has 0 amide bonds. The van der Waals surface area contributed by atoms with Crippen LogP contribution in [0.3, 0.4) is 0 Å². The van der Waals surface area contributed by atoms with E-state index in [1.807, 2.05) is 13.8 Å². The van der Waals surface area contributed by atoms with Crippen molar-refractivity contribution >= 4 is 27.5 Å². The summed E-state index contributed by atoms with van der Waals surface area (Å²) in [7, 11) is -4.50. The van der Waals surface area contributed by atoms with Crippen molar-refractivity contribution in [1.82, 2.24) is 0 Å². The smallest absolute Gasteiger partial charge is 0.744 e. The molecule has 126 valence electrons. The van der Waals surface area contributed by atoms with Crippen molar-refractivity contribution in [1.29, 1.82) is 0 Å². The van der Waals surface area contributed by atoms with Crippen molar-refractivity contribution in [3.63, 3.8) is 0 Å². The van der Waals surface area contributed by atoms with Crippen molar-refractivity contribution < 1.29 is 126 Å². The summed E-state index contributed by atoms with van der Waals surface area (Å²) >= 11 is 0. The molecule has 9 heteroatoms. The van der Waals surface area contributed by atoms with E-state index in [2.05, 4.69) is 4.99 Å². The second-order valence-corrected chi connectivity index (χ2v) is 7.47. The van der Waals surface area contributed by atoms with Crippen LogP contribution in [0.1, 0.15) is 51.5 Å². The quantitative estimate of drug-likeness (QED) is 0.254. The first-order chi connectivity index (χ1) is 10.6. The minimum absolute atomic E-state index is 0. The van der Waals surface area contributed by atoms with Gasteiger partial charge < -0.3 is 14.5 Å². The Morgan fingerprint density at radius 1 is 1.20 bits per heavy atom. The normalized spacial score (nSPS) is 18.6. The number of fused-ring (bicyclic) bond motifs is 1. The monoisotopic (exact) mass is 415 g/mol. The molecule has 0 N–H and O–H groups in total. The Hall–Kier alpha value is 1.54. The number of rotatable bonds is 7. The van der Waals surface area contributed by atoms with E-state index >= 15 is 0 Å². The van der Waals surface area contributed by atoms with Gasteiger partial charge in [-0.05, 0) is 49.9 Å². The minimum Gasteiger partial charge on any atom is -0.744 e. The summed E-state index contributed by atoms with van der Waals surface area (Å²) in [4.78, 5) is 14.6. The van der Waals surface area contributed by atoms with Crippen LogP contribution in [0.5, 0.6) is 0 Å². The fraction of sp³-hybridized carbons (Fsp3) is 0.500. The molecule has 2 rings (SSSR count). The molecule has 0 fully saturated rings. The molecule has 1 heterocycles. The van der Waals surface area contributed by atoms with E-state index in [1.165, 1.54) is 12.1 Å². The number of unbranched alkanes of at least 4 members (excludes halogenated alkanes) is 2. The molecule has 0 aliphatic carbocycles. The number of benzene rings is 1. The second-order valence-electron chi connectivity index (χ2n) is 6.10. The number of carboxylic acids is 1. The average Bonchev–Trinajstić information content (AvgIpc) is 2.69. The van der Waals surface area contributed by atoms with Gasteiger partial charge in [-0.2, -0.15) is 0 Å². The molecule has 25 heavy (non-hydrogen) atoms. The molecular formula is C16H19K2NO5S. The molecule has 1 aromatic rings. The van der Waals surface area contributed by atoms with Crippen molar-refractivity contribution in [2.45, 2.75) is 56.3 Å². The Morgan fingerprint density at radius 2 is 1.84 bits per heavy atom. The first kappa shape index (κ1) is 26.5. The van der Waals surface area contributed by atoms with Crippen LogP contribution in [0.25, 0.3) is 0 Å². The first-order valence-corrected chi connectivity index (χ1v) is 8.91. The largest absolute Gasteiger partial charge is 1.00 e. The third kappa shape index (κ3) is 6.83. The van der Waals surface area contributed by atoms with E-state index in [1.54, 1.807) is 6.07 Å². The van der Waals surface area contributed by atoms with Gasteiger partial charge in [0.1, 0.15) is 10.1 Å². The summed E-state index contributed by atoms with van der Waals surface area (Å²) < 4.78 is 33.7. The number of aliphatic carboxylic acids is 1. The van der Waals surface area contributed by atoms with Crippen molar-refractivity contribution in [2.75, 3.05) is 0 Å².